The van der Waals surface area contributed by atoms with Gasteiger partial charge in [0.25, 0.3) is 0 Å². The third-order valence-electron chi connectivity index (χ3n) is 4.31. The molecule has 1 heterocycles. The average molecular weight is 371 g/mol. The van der Waals surface area contributed by atoms with E-state index in [2.05, 4.69) is 46.5 Å². The molecule has 27 heavy (non-hydrogen) atoms. The third kappa shape index (κ3) is 5.76. The Kier molecular flexibility index (Phi) is 8.20. The highest BCUT2D eigenvalue weighted by Crippen LogP contribution is 2.19. The second-order valence-corrected chi connectivity index (χ2v) is 6.13. The van der Waals surface area contributed by atoms with Crippen LogP contribution in [0.5, 0.6) is 0 Å². The molecule has 2 aromatic rings. The largest absolute Gasteiger partial charge is 0.462 e. The summed E-state index contributed by atoms with van der Waals surface area (Å²) in [7, 11) is 0. The first-order valence-electron chi connectivity index (χ1n) is 9.55. The summed E-state index contributed by atoms with van der Waals surface area (Å²) in [5, 5.41) is 3.26. The molecule has 0 aliphatic heterocycles. The van der Waals surface area contributed by atoms with Gasteiger partial charge >= 0.3 is 5.97 Å². The van der Waals surface area contributed by atoms with Gasteiger partial charge in [0.1, 0.15) is 17.7 Å². The van der Waals surface area contributed by atoms with Gasteiger partial charge in [-0.05, 0) is 44.7 Å². The minimum absolute atomic E-state index is 0.0998. The fraction of sp³-hybridized carbons (Fsp3) is 0.476. The maximum absolute atomic E-state index is 12.3. The number of nitrogens with one attached hydrogen (secondary N) is 1. The number of aryl methyl sites for hydroxylation is 1. The van der Waals surface area contributed by atoms with Crippen LogP contribution in [0.25, 0.3) is 0 Å². The number of hydrogen-bond acceptors (Lipinski definition) is 6. The average Bonchev–Trinajstić information content (AvgIpc) is 2.68. The quantitative estimate of drug-likeness (QED) is 0.637. The van der Waals surface area contributed by atoms with E-state index < -0.39 is 0 Å². The molecule has 0 aliphatic carbocycles. The summed E-state index contributed by atoms with van der Waals surface area (Å²) in [5.41, 5.74) is 3.50. The highest BCUT2D eigenvalue weighted by Gasteiger charge is 2.19. The molecule has 1 aromatic heterocycles. The molecule has 146 valence electrons. The van der Waals surface area contributed by atoms with E-state index in [0.29, 0.717) is 43.3 Å². The molecule has 0 saturated heterocycles. The molecule has 6 nitrogen and oxygen atoms in total. The van der Waals surface area contributed by atoms with E-state index in [1.54, 1.807) is 6.92 Å². The van der Waals surface area contributed by atoms with Gasteiger partial charge in [-0.2, -0.15) is 0 Å². The van der Waals surface area contributed by atoms with Crippen molar-refractivity contribution in [2.24, 2.45) is 0 Å². The van der Waals surface area contributed by atoms with Crippen LogP contribution in [0.3, 0.4) is 0 Å². The van der Waals surface area contributed by atoms with Gasteiger partial charge in [-0.25, -0.2) is 14.8 Å². The van der Waals surface area contributed by atoms with Crippen LogP contribution in [0.2, 0.25) is 0 Å². The number of esters is 1. The second-order valence-electron chi connectivity index (χ2n) is 6.13. The predicted octanol–water partition coefficient (Wildman–Crippen LogP) is 3.97. The molecular formula is C21H29N3O3. The SMILES string of the molecule is CCOC(=O)c1c(CC)ncnc1NCCc1ccc(C(C)OCC)cc1. The van der Waals surface area contributed by atoms with Crippen molar-refractivity contribution in [3.05, 3.63) is 53.0 Å². The molecule has 1 aromatic carbocycles. The van der Waals surface area contributed by atoms with Gasteiger partial charge in [0.15, 0.2) is 0 Å². The maximum Gasteiger partial charge on any atom is 0.343 e. The number of nitrogens with zero attached hydrogens (tertiary/aromatic N) is 2. The fourth-order valence-corrected chi connectivity index (χ4v) is 2.87. The topological polar surface area (TPSA) is 73.3 Å². The first-order valence-corrected chi connectivity index (χ1v) is 9.55. The van der Waals surface area contributed by atoms with Gasteiger partial charge in [0.05, 0.1) is 18.4 Å². The summed E-state index contributed by atoms with van der Waals surface area (Å²) >= 11 is 0. The summed E-state index contributed by atoms with van der Waals surface area (Å²) < 4.78 is 10.8. The summed E-state index contributed by atoms with van der Waals surface area (Å²) in [6, 6.07) is 8.41. The van der Waals surface area contributed by atoms with Gasteiger partial charge in [-0.3, -0.25) is 0 Å². The lowest BCUT2D eigenvalue weighted by Crippen LogP contribution is -2.16. The number of carbonyl (C=O) groups is 1. The van der Waals surface area contributed by atoms with Crippen LogP contribution in [0.4, 0.5) is 5.82 Å². The van der Waals surface area contributed by atoms with Gasteiger partial charge in [-0.15, -0.1) is 0 Å². The number of benzene rings is 1. The van der Waals surface area contributed by atoms with Crippen LogP contribution in [0.1, 0.15) is 61.0 Å². The predicted molar refractivity (Wildman–Crippen MR) is 106 cm³/mol. The molecular weight excluding hydrogens is 342 g/mol. The van der Waals surface area contributed by atoms with Crippen molar-refractivity contribution in [2.45, 2.75) is 46.6 Å². The van der Waals surface area contributed by atoms with Crippen LogP contribution >= 0.6 is 0 Å². The lowest BCUT2D eigenvalue weighted by atomic mass is 10.1. The van der Waals surface area contributed by atoms with Crippen LogP contribution in [0.15, 0.2) is 30.6 Å². The number of hydrogen-bond donors (Lipinski definition) is 1. The molecule has 0 saturated carbocycles. The molecule has 0 fully saturated rings. The Morgan fingerprint density at radius 1 is 1.11 bits per heavy atom. The van der Waals surface area contributed by atoms with Crippen molar-refractivity contribution >= 4 is 11.8 Å². The molecule has 0 amide bonds. The van der Waals surface area contributed by atoms with Crippen molar-refractivity contribution in [1.29, 1.82) is 0 Å². The Hall–Kier alpha value is -2.47. The zero-order valence-corrected chi connectivity index (χ0v) is 16.6. The first kappa shape index (κ1) is 20.8. The first-order chi connectivity index (χ1) is 13.1. The van der Waals surface area contributed by atoms with Gasteiger partial charge in [0.2, 0.25) is 0 Å². The fourth-order valence-electron chi connectivity index (χ4n) is 2.87. The number of anilines is 1. The summed E-state index contributed by atoms with van der Waals surface area (Å²) in [4.78, 5) is 20.7. The lowest BCUT2D eigenvalue weighted by Gasteiger charge is -2.14. The smallest absolute Gasteiger partial charge is 0.343 e. The number of ether oxygens (including phenoxy) is 2. The molecule has 0 aliphatic rings. The van der Waals surface area contributed by atoms with Crippen molar-refractivity contribution in [1.82, 2.24) is 9.97 Å². The Morgan fingerprint density at radius 3 is 2.48 bits per heavy atom. The number of carbonyl (C=O) groups excluding carboxylic acids is 1. The minimum atomic E-state index is -0.383. The normalized spacial score (nSPS) is 11.9. The third-order valence-corrected chi connectivity index (χ3v) is 4.31. The Bertz CT molecular complexity index is 732. The second kappa shape index (κ2) is 10.6. The van der Waals surface area contributed by atoms with Crippen LogP contribution in [0, 0.1) is 0 Å². The van der Waals surface area contributed by atoms with Crippen molar-refractivity contribution < 1.29 is 14.3 Å². The minimum Gasteiger partial charge on any atom is -0.462 e. The molecule has 2 rings (SSSR count). The Morgan fingerprint density at radius 2 is 1.85 bits per heavy atom. The van der Waals surface area contributed by atoms with E-state index in [1.807, 2.05) is 13.8 Å². The number of rotatable bonds is 10. The van der Waals surface area contributed by atoms with Gasteiger partial charge < -0.3 is 14.8 Å². The summed E-state index contributed by atoms with van der Waals surface area (Å²) in [5.74, 6) is 0.147. The summed E-state index contributed by atoms with van der Waals surface area (Å²) in [6.45, 7) is 9.48. The van der Waals surface area contributed by atoms with E-state index in [-0.39, 0.29) is 12.1 Å². The standard InChI is InChI=1S/C21H29N3O3/c1-5-18-19(21(25)27-7-3)20(24-14-23-18)22-13-12-16-8-10-17(11-9-16)15(4)26-6-2/h8-11,14-15H,5-7,12-13H2,1-4H3,(H,22,23,24). The Balaban J connectivity index is 2.01. The molecule has 0 bridgehead atoms. The zero-order valence-electron chi connectivity index (χ0n) is 16.6. The van der Waals surface area contributed by atoms with Crippen molar-refractivity contribution in [3.63, 3.8) is 0 Å². The highest BCUT2D eigenvalue weighted by molar-refractivity contribution is 5.95. The number of aromatic nitrogens is 2. The Labute approximate surface area is 161 Å². The van der Waals surface area contributed by atoms with Crippen LogP contribution in [-0.4, -0.2) is 35.7 Å². The lowest BCUT2D eigenvalue weighted by molar-refractivity contribution is 0.0525. The van der Waals surface area contributed by atoms with E-state index in [9.17, 15) is 4.79 Å². The maximum atomic E-state index is 12.3. The van der Waals surface area contributed by atoms with E-state index >= 15 is 0 Å². The van der Waals surface area contributed by atoms with E-state index in [4.69, 9.17) is 9.47 Å². The van der Waals surface area contributed by atoms with Crippen molar-refractivity contribution in [3.8, 4) is 0 Å². The van der Waals surface area contributed by atoms with E-state index in [0.717, 1.165) is 6.42 Å². The van der Waals surface area contributed by atoms with E-state index in [1.165, 1.54) is 17.5 Å². The van der Waals surface area contributed by atoms with Crippen LogP contribution in [-0.2, 0) is 22.3 Å². The molecule has 0 radical (unpaired) electrons. The molecule has 1 N–H and O–H groups in total. The van der Waals surface area contributed by atoms with Crippen molar-refractivity contribution in [2.75, 3.05) is 25.1 Å². The zero-order chi connectivity index (χ0) is 19.6. The molecule has 1 atom stereocenters. The monoisotopic (exact) mass is 371 g/mol. The molecule has 6 heteroatoms. The molecule has 1 unspecified atom stereocenters. The summed E-state index contributed by atoms with van der Waals surface area (Å²) in [6.07, 6.45) is 3.04. The molecule has 0 spiro atoms. The van der Waals surface area contributed by atoms with Crippen LogP contribution < -0.4 is 5.32 Å². The van der Waals surface area contributed by atoms with Gasteiger partial charge in [-0.1, -0.05) is 31.2 Å². The van der Waals surface area contributed by atoms with Gasteiger partial charge in [0, 0.05) is 13.2 Å². The highest BCUT2D eigenvalue weighted by atomic mass is 16.5.